The molecule has 0 amide bonds. The molecule has 1 aromatic rings. The fraction of sp³-hybridized carbons (Fsp3) is 0.600. The highest BCUT2D eigenvalue weighted by molar-refractivity contribution is 7.79. The van der Waals surface area contributed by atoms with E-state index in [1.807, 2.05) is 0 Å². The number of hydrogen-bond acceptors (Lipinski definition) is 2. The van der Waals surface area contributed by atoms with Crippen LogP contribution in [0.15, 0.2) is 24.3 Å². The topological polar surface area (TPSA) is 57.5 Å². The molecule has 1 rings (SSSR count). The van der Waals surface area contributed by atoms with Gasteiger partial charge >= 0.3 is 0 Å². The van der Waals surface area contributed by atoms with Crippen LogP contribution in [-0.4, -0.2) is 13.9 Å². The number of phenols is 1. The SMILES string of the molecule is CCCCCCCCC(c1ccc(O)cc1)S(=O)O. The van der Waals surface area contributed by atoms with Crippen LogP contribution in [0.4, 0.5) is 0 Å². The first-order valence-corrected chi connectivity index (χ1v) is 8.20. The molecule has 0 radical (unpaired) electrons. The fourth-order valence-electron chi connectivity index (χ4n) is 2.18. The van der Waals surface area contributed by atoms with Gasteiger partial charge in [-0.3, -0.25) is 0 Å². The van der Waals surface area contributed by atoms with Crippen LogP contribution in [0.3, 0.4) is 0 Å². The summed E-state index contributed by atoms with van der Waals surface area (Å²) < 4.78 is 20.8. The van der Waals surface area contributed by atoms with Crippen molar-refractivity contribution in [3.63, 3.8) is 0 Å². The molecule has 0 aromatic heterocycles. The van der Waals surface area contributed by atoms with E-state index < -0.39 is 11.1 Å². The van der Waals surface area contributed by atoms with E-state index in [0.717, 1.165) is 24.8 Å². The van der Waals surface area contributed by atoms with E-state index in [0.29, 0.717) is 0 Å². The van der Waals surface area contributed by atoms with E-state index in [1.54, 1.807) is 24.3 Å². The third kappa shape index (κ3) is 6.21. The van der Waals surface area contributed by atoms with Gasteiger partial charge in [0.1, 0.15) is 5.75 Å². The summed E-state index contributed by atoms with van der Waals surface area (Å²) in [5, 5.41) is 8.89. The first-order chi connectivity index (χ1) is 9.15. The van der Waals surface area contributed by atoms with Crippen LogP contribution in [0, 0.1) is 0 Å². The molecular weight excluding hydrogens is 260 g/mol. The lowest BCUT2D eigenvalue weighted by Crippen LogP contribution is -2.05. The van der Waals surface area contributed by atoms with Crippen LogP contribution in [0.5, 0.6) is 5.75 Å². The van der Waals surface area contributed by atoms with Gasteiger partial charge < -0.3 is 9.66 Å². The van der Waals surface area contributed by atoms with Crippen LogP contribution in [-0.2, 0) is 11.1 Å². The molecule has 0 aliphatic carbocycles. The molecule has 19 heavy (non-hydrogen) atoms. The molecule has 0 fully saturated rings. The van der Waals surface area contributed by atoms with Gasteiger partial charge in [-0.25, -0.2) is 4.21 Å². The molecule has 4 heteroatoms. The normalized spacial score (nSPS) is 14.2. The smallest absolute Gasteiger partial charge is 0.160 e. The molecule has 1 aromatic carbocycles. The Morgan fingerprint density at radius 1 is 1.05 bits per heavy atom. The summed E-state index contributed by atoms with van der Waals surface area (Å²) in [7, 11) is 0. The predicted molar refractivity (Wildman–Crippen MR) is 79.6 cm³/mol. The first-order valence-electron chi connectivity index (χ1n) is 7.03. The van der Waals surface area contributed by atoms with Crippen molar-refractivity contribution in [1.29, 1.82) is 0 Å². The minimum atomic E-state index is -1.85. The predicted octanol–water partition coefficient (Wildman–Crippen LogP) is 4.41. The average molecular weight is 284 g/mol. The molecular formula is C15H24O3S. The summed E-state index contributed by atoms with van der Waals surface area (Å²) in [5.74, 6) is 0.186. The van der Waals surface area contributed by atoms with Crippen molar-refractivity contribution in [1.82, 2.24) is 0 Å². The summed E-state index contributed by atoms with van der Waals surface area (Å²) in [6.45, 7) is 2.19. The minimum Gasteiger partial charge on any atom is -0.508 e. The van der Waals surface area contributed by atoms with Gasteiger partial charge in [-0.05, 0) is 24.1 Å². The molecule has 0 bridgehead atoms. The summed E-state index contributed by atoms with van der Waals surface area (Å²) in [4.78, 5) is 0. The molecule has 0 aliphatic heterocycles. The van der Waals surface area contributed by atoms with E-state index in [-0.39, 0.29) is 11.0 Å². The highest BCUT2D eigenvalue weighted by atomic mass is 32.2. The van der Waals surface area contributed by atoms with Crippen molar-refractivity contribution >= 4 is 11.1 Å². The van der Waals surface area contributed by atoms with Gasteiger partial charge in [-0.15, -0.1) is 0 Å². The molecule has 2 atom stereocenters. The quantitative estimate of drug-likeness (QED) is 0.522. The zero-order chi connectivity index (χ0) is 14.1. The van der Waals surface area contributed by atoms with Gasteiger partial charge in [0.2, 0.25) is 0 Å². The Hall–Kier alpha value is -0.870. The second-order valence-electron chi connectivity index (χ2n) is 4.91. The maximum atomic E-state index is 11.4. The third-order valence-corrected chi connectivity index (χ3v) is 4.32. The molecule has 0 saturated heterocycles. The Balaban J connectivity index is 2.41. The van der Waals surface area contributed by atoms with Crippen LogP contribution in [0.1, 0.15) is 62.7 Å². The van der Waals surface area contributed by atoms with Crippen LogP contribution < -0.4 is 0 Å². The maximum absolute atomic E-state index is 11.4. The van der Waals surface area contributed by atoms with Crippen molar-refractivity contribution in [3.8, 4) is 5.75 Å². The molecule has 2 unspecified atom stereocenters. The highest BCUT2D eigenvalue weighted by Crippen LogP contribution is 2.26. The number of phenolic OH excluding ortho intramolecular Hbond substituents is 1. The molecule has 0 heterocycles. The van der Waals surface area contributed by atoms with E-state index in [4.69, 9.17) is 0 Å². The highest BCUT2D eigenvalue weighted by Gasteiger charge is 2.17. The second kappa shape index (κ2) is 9.10. The number of aromatic hydroxyl groups is 1. The second-order valence-corrected chi connectivity index (χ2v) is 6.03. The zero-order valence-electron chi connectivity index (χ0n) is 11.5. The third-order valence-electron chi connectivity index (χ3n) is 3.33. The van der Waals surface area contributed by atoms with Crippen molar-refractivity contribution in [2.24, 2.45) is 0 Å². The van der Waals surface area contributed by atoms with Crippen LogP contribution in [0.25, 0.3) is 0 Å². The van der Waals surface area contributed by atoms with E-state index >= 15 is 0 Å². The molecule has 2 N–H and O–H groups in total. The van der Waals surface area contributed by atoms with Gasteiger partial charge in [-0.2, -0.15) is 0 Å². The van der Waals surface area contributed by atoms with E-state index in [1.165, 1.54) is 25.7 Å². The van der Waals surface area contributed by atoms with Crippen LogP contribution >= 0.6 is 0 Å². The Bertz CT molecular complexity index is 375. The summed E-state index contributed by atoms with van der Waals surface area (Å²) in [5.41, 5.74) is 0.826. The standard InChI is InChI=1S/C15H24O3S/c1-2-3-4-5-6-7-8-15(19(17)18)13-9-11-14(16)12-10-13/h9-12,15-16H,2-8H2,1H3,(H,17,18). The lowest BCUT2D eigenvalue weighted by molar-refractivity contribution is 0.474. The Morgan fingerprint density at radius 3 is 2.21 bits per heavy atom. The zero-order valence-corrected chi connectivity index (χ0v) is 12.4. The van der Waals surface area contributed by atoms with Gasteiger partial charge in [0, 0.05) is 0 Å². The first kappa shape index (κ1) is 16.2. The van der Waals surface area contributed by atoms with E-state index in [9.17, 15) is 13.9 Å². The maximum Gasteiger partial charge on any atom is 0.160 e. The van der Waals surface area contributed by atoms with Gasteiger partial charge in [0.25, 0.3) is 0 Å². The Labute approximate surface area is 118 Å². The van der Waals surface area contributed by atoms with Crippen LogP contribution in [0.2, 0.25) is 0 Å². The summed E-state index contributed by atoms with van der Waals surface area (Å²) in [6.07, 6.45) is 7.77. The molecule has 0 spiro atoms. The largest absolute Gasteiger partial charge is 0.508 e. The Kier molecular flexibility index (Phi) is 7.75. The van der Waals surface area contributed by atoms with Crippen molar-refractivity contribution in [2.45, 2.75) is 57.1 Å². The number of unbranched alkanes of at least 4 members (excludes halogenated alkanes) is 5. The van der Waals surface area contributed by atoms with Gasteiger partial charge in [-0.1, -0.05) is 57.6 Å². The van der Waals surface area contributed by atoms with Gasteiger partial charge in [0.15, 0.2) is 11.1 Å². The number of rotatable bonds is 9. The monoisotopic (exact) mass is 284 g/mol. The van der Waals surface area contributed by atoms with Crippen molar-refractivity contribution < 1.29 is 13.9 Å². The average Bonchev–Trinajstić information content (AvgIpc) is 2.39. The lowest BCUT2D eigenvalue weighted by Gasteiger charge is -2.13. The lowest BCUT2D eigenvalue weighted by atomic mass is 10.0. The number of benzene rings is 1. The van der Waals surface area contributed by atoms with Gasteiger partial charge in [0.05, 0.1) is 5.25 Å². The Morgan fingerprint density at radius 2 is 1.63 bits per heavy atom. The minimum absolute atomic E-state index is 0.186. The van der Waals surface area contributed by atoms with Crippen molar-refractivity contribution in [3.05, 3.63) is 29.8 Å². The van der Waals surface area contributed by atoms with Crippen molar-refractivity contribution in [2.75, 3.05) is 0 Å². The summed E-state index contributed by atoms with van der Waals surface area (Å²) >= 11 is -1.85. The molecule has 108 valence electrons. The molecule has 0 aliphatic rings. The molecule has 0 saturated carbocycles. The molecule has 3 nitrogen and oxygen atoms in total. The summed E-state index contributed by atoms with van der Waals surface area (Å²) in [6, 6.07) is 6.59. The fourth-order valence-corrected chi connectivity index (χ4v) is 2.94. The van der Waals surface area contributed by atoms with E-state index in [2.05, 4.69) is 6.92 Å². The number of hydrogen-bond donors (Lipinski definition) is 2.